The van der Waals surface area contributed by atoms with Gasteiger partial charge in [-0.15, -0.1) is 0 Å². The molecule has 1 atom stereocenters. The second-order valence-corrected chi connectivity index (χ2v) is 5.76. The second-order valence-electron chi connectivity index (χ2n) is 4.53. The summed E-state index contributed by atoms with van der Waals surface area (Å²) in [5, 5.41) is -0.0536. The average Bonchev–Trinajstić information content (AvgIpc) is 2.44. The molecule has 1 nitrogen and oxygen atoms in total. The molecule has 2 aromatic rings. The van der Waals surface area contributed by atoms with Crippen LogP contribution in [0.4, 0.5) is 8.78 Å². The first-order valence-corrected chi connectivity index (χ1v) is 7.26. The molecule has 0 radical (unpaired) electrons. The first-order valence-electron chi connectivity index (χ1n) is 6.09. The van der Waals surface area contributed by atoms with Gasteiger partial charge in [0, 0.05) is 15.6 Å². The summed E-state index contributed by atoms with van der Waals surface area (Å²) < 4.78 is 28.9. The molecule has 0 aliphatic carbocycles. The maximum Gasteiger partial charge on any atom is 0.148 e. The van der Waals surface area contributed by atoms with Crippen molar-refractivity contribution in [2.75, 3.05) is 0 Å². The number of halogens is 4. The maximum atomic E-state index is 14.4. The third-order valence-corrected chi connectivity index (χ3v) is 4.69. The fraction of sp³-hybridized carbons (Fsp3) is 0.200. The Morgan fingerprint density at radius 3 is 2.40 bits per heavy atom. The normalized spacial score (nSPS) is 14.1. The molecule has 0 amide bonds. The highest BCUT2D eigenvalue weighted by Gasteiger charge is 2.34. The van der Waals surface area contributed by atoms with Gasteiger partial charge in [-0.3, -0.25) is 0 Å². The quantitative estimate of drug-likeness (QED) is 0.766. The molecule has 0 aliphatic heterocycles. The van der Waals surface area contributed by atoms with Gasteiger partial charge in [0.15, 0.2) is 0 Å². The number of hydrogen-bond acceptors (Lipinski definition) is 1. The van der Waals surface area contributed by atoms with Crippen molar-refractivity contribution in [3.05, 3.63) is 68.7 Å². The molecule has 2 rings (SSSR count). The van der Waals surface area contributed by atoms with E-state index in [1.165, 1.54) is 12.1 Å². The molecule has 0 saturated heterocycles. The molecule has 1 unspecified atom stereocenters. The van der Waals surface area contributed by atoms with Gasteiger partial charge < -0.3 is 5.73 Å². The van der Waals surface area contributed by atoms with Crippen molar-refractivity contribution >= 4 is 27.5 Å². The molecule has 20 heavy (non-hydrogen) atoms. The van der Waals surface area contributed by atoms with E-state index in [0.717, 1.165) is 0 Å². The Balaban J connectivity index is 2.69. The summed E-state index contributed by atoms with van der Waals surface area (Å²) in [7, 11) is 0. The first-order chi connectivity index (χ1) is 9.41. The lowest BCUT2D eigenvalue weighted by molar-refractivity contribution is 0.453. The largest absolute Gasteiger partial charge is 0.318 e. The second kappa shape index (κ2) is 5.80. The minimum Gasteiger partial charge on any atom is -0.318 e. The van der Waals surface area contributed by atoms with E-state index in [1.807, 2.05) is 0 Å². The fourth-order valence-electron chi connectivity index (χ4n) is 2.22. The van der Waals surface area contributed by atoms with Crippen LogP contribution in [-0.4, -0.2) is 0 Å². The van der Waals surface area contributed by atoms with Gasteiger partial charge in [0.2, 0.25) is 0 Å². The third kappa shape index (κ3) is 2.48. The van der Waals surface area contributed by atoms with Crippen molar-refractivity contribution in [1.29, 1.82) is 0 Å². The molecular formula is C15H13BrClF2N. The van der Waals surface area contributed by atoms with Crippen molar-refractivity contribution in [2.24, 2.45) is 5.73 Å². The van der Waals surface area contributed by atoms with Crippen molar-refractivity contribution in [2.45, 2.75) is 18.9 Å². The van der Waals surface area contributed by atoms with Crippen LogP contribution in [0.5, 0.6) is 0 Å². The van der Waals surface area contributed by atoms with Crippen LogP contribution < -0.4 is 5.73 Å². The molecule has 2 aromatic carbocycles. The van der Waals surface area contributed by atoms with Gasteiger partial charge in [-0.2, -0.15) is 0 Å². The van der Waals surface area contributed by atoms with Crippen LogP contribution in [0.2, 0.25) is 5.02 Å². The summed E-state index contributed by atoms with van der Waals surface area (Å²) in [5.74, 6) is -1.09. The zero-order chi connectivity index (χ0) is 14.9. The Morgan fingerprint density at radius 2 is 1.80 bits per heavy atom. The average molecular weight is 361 g/mol. The van der Waals surface area contributed by atoms with Gasteiger partial charge in [0.05, 0.1) is 10.6 Å². The predicted octanol–water partition coefficient (Wildman–Crippen LogP) is 4.99. The molecule has 0 aromatic heterocycles. The minimum atomic E-state index is -1.26. The van der Waals surface area contributed by atoms with E-state index in [-0.39, 0.29) is 16.1 Å². The Morgan fingerprint density at radius 1 is 1.15 bits per heavy atom. The lowest BCUT2D eigenvalue weighted by Gasteiger charge is -2.30. The molecule has 0 heterocycles. The van der Waals surface area contributed by atoms with Crippen molar-refractivity contribution in [1.82, 2.24) is 0 Å². The number of hydrogen-bond donors (Lipinski definition) is 1. The SMILES string of the molecule is CCC(N)(c1ccccc1F)c1ccc(Br)c(Cl)c1F. The zero-order valence-corrected chi connectivity index (χ0v) is 13.1. The topological polar surface area (TPSA) is 26.0 Å². The number of nitrogens with two attached hydrogens (primary N) is 1. The smallest absolute Gasteiger partial charge is 0.148 e. The van der Waals surface area contributed by atoms with E-state index in [2.05, 4.69) is 15.9 Å². The molecular weight excluding hydrogens is 348 g/mol. The molecule has 0 spiro atoms. The minimum absolute atomic E-state index is 0.0536. The van der Waals surface area contributed by atoms with Gasteiger partial charge in [0.1, 0.15) is 11.6 Å². The highest BCUT2D eigenvalue weighted by molar-refractivity contribution is 9.10. The Labute approximate surface area is 129 Å². The summed E-state index contributed by atoms with van der Waals surface area (Å²) in [6, 6.07) is 9.26. The maximum absolute atomic E-state index is 14.4. The summed E-state index contributed by atoms with van der Waals surface area (Å²) in [6.07, 6.45) is 0.336. The molecule has 0 aliphatic rings. The van der Waals surface area contributed by atoms with Crippen LogP contribution in [0.15, 0.2) is 40.9 Å². The number of rotatable bonds is 3. The van der Waals surface area contributed by atoms with Gasteiger partial charge >= 0.3 is 0 Å². The molecule has 5 heteroatoms. The summed E-state index contributed by atoms with van der Waals surface area (Å²) in [6.45, 7) is 1.78. The van der Waals surface area contributed by atoms with Crippen molar-refractivity contribution in [3.8, 4) is 0 Å². The van der Waals surface area contributed by atoms with Crippen LogP contribution in [-0.2, 0) is 5.54 Å². The standard InChI is InChI=1S/C15H13BrClF2N/c1-2-15(20,9-5-3-4-6-12(9)18)10-7-8-11(16)13(17)14(10)19/h3-8H,2,20H2,1H3. The highest BCUT2D eigenvalue weighted by atomic mass is 79.9. The highest BCUT2D eigenvalue weighted by Crippen LogP contribution is 2.37. The van der Waals surface area contributed by atoms with E-state index in [0.29, 0.717) is 10.9 Å². The number of benzene rings is 2. The van der Waals surface area contributed by atoms with Crippen LogP contribution in [0.1, 0.15) is 24.5 Å². The van der Waals surface area contributed by atoms with Crippen molar-refractivity contribution in [3.63, 3.8) is 0 Å². The third-order valence-electron chi connectivity index (χ3n) is 3.43. The van der Waals surface area contributed by atoms with Gasteiger partial charge in [0.25, 0.3) is 0 Å². The van der Waals surface area contributed by atoms with Crippen LogP contribution >= 0.6 is 27.5 Å². The van der Waals surface area contributed by atoms with Crippen LogP contribution in [0.25, 0.3) is 0 Å². The van der Waals surface area contributed by atoms with E-state index < -0.39 is 17.2 Å². The molecule has 0 fully saturated rings. The fourth-order valence-corrected chi connectivity index (χ4v) is 2.69. The molecule has 0 saturated carbocycles. The van der Waals surface area contributed by atoms with Crippen LogP contribution in [0, 0.1) is 11.6 Å². The molecule has 0 bridgehead atoms. The van der Waals surface area contributed by atoms with E-state index >= 15 is 0 Å². The van der Waals surface area contributed by atoms with Gasteiger partial charge in [-0.1, -0.05) is 42.8 Å². The van der Waals surface area contributed by atoms with Crippen molar-refractivity contribution < 1.29 is 8.78 Å². The van der Waals surface area contributed by atoms with E-state index in [1.54, 1.807) is 31.2 Å². The Kier molecular flexibility index (Phi) is 4.47. The zero-order valence-electron chi connectivity index (χ0n) is 10.8. The lowest BCUT2D eigenvalue weighted by Crippen LogP contribution is -2.39. The van der Waals surface area contributed by atoms with E-state index in [4.69, 9.17) is 17.3 Å². The van der Waals surface area contributed by atoms with Crippen LogP contribution in [0.3, 0.4) is 0 Å². The lowest BCUT2D eigenvalue weighted by atomic mass is 9.81. The van der Waals surface area contributed by atoms with Gasteiger partial charge in [-0.25, -0.2) is 8.78 Å². The summed E-state index contributed by atoms with van der Waals surface area (Å²) in [5.41, 5.74) is 5.47. The summed E-state index contributed by atoms with van der Waals surface area (Å²) in [4.78, 5) is 0. The first kappa shape index (κ1) is 15.4. The predicted molar refractivity (Wildman–Crippen MR) is 80.8 cm³/mol. The van der Waals surface area contributed by atoms with Gasteiger partial charge in [-0.05, 0) is 34.5 Å². The summed E-state index contributed by atoms with van der Waals surface area (Å²) >= 11 is 9.05. The molecule has 106 valence electrons. The monoisotopic (exact) mass is 359 g/mol. The Bertz CT molecular complexity index is 648. The van der Waals surface area contributed by atoms with E-state index in [9.17, 15) is 8.78 Å². The molecule has 2 N–H and O–H groups in total. The Hall–Kier alpha value is -0.970.